The van der Waals surface area contributed by atoms with Gasteiger partial charge in [-0.1, -0.05) is 24.3 Å². The van der Waals surface area contributed by atoms with E-state index in [9.17, 15) is 9.59 Å². The topological polar surface area (TPSA) is 64.6 Å². The Bertz CT molecular complexity index is 1060. The van der Waals surface area contributed by atoms with E-state index in [2.05, 4.69) is 5.32 Å². The van der Waals surface area contributed by atoms with E-state index in [0.29, 0.717) is 24.0 Å². The van der Waals surface area contributed by atoms with Gasteiger partial charge in [0.15, 0.2) is 5.78 Å². The van der Waals surface area contributed by atoms with Crippen LogP contribution in [0.1, 0.15) is 55.9 Å². The number of hydrogen-bond acceptors (Lipinski definition) is 6. The molecule has 1 aliphatic carbocycles. The van der Waals surface area contributed by atoms with Crippen molar-refractivity contribution in [1.29, 1.82) is 0 Å². The number of ether oxygens (including phenoxy) is 2. The molecule has 0 saturated heterocycles. The molecule has 31 heavy (non-hydrogen) atoms. The summed E-state index contributed by atoms with van der Waals surface area (Å²) in [4.78, 5) is 27.5. The average Bonchev–Trinajstić information content (AvgIpc) is 3.26. The number of carbonyl (C=O) groups is 2. The molecule has 1 aliphatic heterocycles. The average molecular weight is 438 g/mol. The number of dihydropyridines is 1. The summed E-state index contributed by atoms with van der Waals surface area (Å²) in [5.41, 5.74) is 3.89. The molecule has 2 aliphatic rings. The first-order chi connectivity index (χ1) is 14.9. The van der Waals surface area contributed by atoms with Crippen LogP contribution in [0.25, 0.3) is 0 Å². The molecule has 0 fully saturated rings. The molecule has 162 valence electrons. The van der Waals surface area contributed by atoms with Crippen LogP contribution in [-0.2, 0) is 14.3 Å². The number of para-hydroxylation sites is 1. The summed E-state index contributed by atoms with van der Waals surface area (Å²) in [5, 5.41) is 5.36. The highest BCUT2D eigenvalue weighted by atomic mass is 32.1. The highest BCUT2D eigenvalue weighted by Gasteiger charge is 2.42. The number of carbonyl (C=O) groups excluding carboxylic acids is 2. The van der Waals surface area contributed by atoms with Crippen molar-refractivity contribution >= 4 is 23.1 Å². The number of Topliss-reactive ketones (excluding diaryl/α,β-unsaturated/α-hetero) is 1. The standard InChI is InChI=1S/C25H27NO4S/c1-14(2)30-25(28)22-15(3)26-18-12-16(17-8-5-6-9-20(17)29-4)13-19(27)23(18)24(22)21-10-7-11-31-21/h5-11,14,16,24,26H,12-13H2,1-4H3/t16-,24+/m0/s1. The van der Waals surface area contributed by atoms with E-state index in [1.807, 2.05) is 62.5 Å². The van der Waals surface area contributed by atoms with E-state index in [-0.39, 0.29) is 23.8 Å². The third kappa shape index (κ3) is 4.04. The number of thiophene rings is 1. The molecule has 0 amide bonds. The second-order valence-electron chi connectivity index (χ2n) is 8.23. The summed E-state index contributed by atoms with van der Waals surface area (Å²) >= 11 is 1.56. The second-order valence-corrected chi connectivity index (χ2v) is 9.21. The summed E-state index contributed by atoms with van der Waals surface area (Å²) in [6.07, 6.45) is 0.839. The molecular weight excluding hydrogens is 410 g/mol. The normalized spacial score (nSPS) is 21.1. The minimum atomic E-state index is -0.395. The number of rotatable bonds is 5. The molecule has 6 heteroatoms. The van der Waals surface area contributed by atoms with E-state index in [1.54, 1.807) is 18.4 Å². The molecule has 2 aromatic rings. The van der Waals surface area contributed by atoms with Gasteiger partial charge in [0.25, 0.3) is 0 Å². The SMILES string of the molecule is COc1ccccc1[C@@H]1CC(=O)C2=C(C1)NC(C)=C(C(=O)OC(C)C)[C@H]2c1cccs1. The van der Waals surface area contributed by atoms with Crippen LogP contribution in [0.5, 0.6) is 5.75 Å². The van der Waals surface area contributed by atoms with Crippen LogP contribution < -0.4 is 10.1 Å². The monoisotopic (exact) mass is 437 g/mol. The Morgan fingerprint density at radius 3 is 2.61 bits per heavy atom. The van der Waals surface area contributed by atoms with Crippen molar-refractivity contribution in [3.63, 3.8) is 0 Å². The van der Waals surface area contributed by atoms with Gasteiger partial charge in [-0.25, -0.2) is 4.79 Å². The van der Waals surface area contributed by atoms with Crippen molar-refractivity contribution in [2.75, 3.05) is 7.11 Å². The van der Waals surface area contributed by atoms with Crippen LogP contribution in [0.15, 0.2) is 64.3 Å². The lowest BCUT2D eigenvalue weighted by Gasteiger charge is -2.36. The maximum atomic E-state index is 13.5. The third-order valence-electron chi connectivity index (χ3n) is 5.80. The van der Waals surface area contributed by atoms with Crippen molar-refractivity contribution in [3.8, 4) is 5.75 Å². The number of ketones is 1. The molecule has 0 unspecified atom stereocenters. The van der Waals surface area contributed by atoms with Crippen LogP contribution in [0, 0.1) is 0 Å². The summed E-state index contributed by atoms with van der Waals surface area (Å²) in [6.45, 7) is 5.55. The van der Waals surface area contributed by atoms with Crippen molar-refractivity contribution in [1.82, 2.24) is 5.32 Å². The summed E-state index contributed by atoms with van der Waals surface area (Å²) < 4.78 is 11.1. The van der Waals surface area contributed by atoms with E-state index < -0.39 is 5.92 Å². The molecule has 0 spiro atoms. The first-order valence-corrected chi connectivity index (χ1v) is 11.4. The van der Waals surface area contributed by atoms with Crippen molar-refractivity contribution in [3.05, 3.63) is 74.8 Å². The van der Waals surface area contributed by atoms with E-state index >= 15 is 0 Å². The predicted molar refractivity (Wildman–Crippen MR) is 121 cm³/mol. The predicted octanol–water partition coefficient (Wildman–Crippen LogP) is 5.07. The number of allylic oxidation sites excluding steroid dienone is 3. The van der Waals surface area contributed by atoms with Gasteiger partial charge in [-0.15, -0.1) is 11.3 Å². The molecule has 1 aromatic carbocycles. The number of nitrogens with one attached hydrogen (secondary N) is 1. The zero-order valence-corrected chi connectivity index (χ0v) is 19.0. The van der Waals surface area contributed by atoms with Crippen molar-refractivity contribution in [2.45, 2.75) is 51.6 Å². The van der Waals surface area contributed by atoms with Crippen LogP contribution in [0.4, 0.5) is 0 Å². The molecule has 0 saturated carbocycles. The van der Waals surface area contributed by atoms with Gasteiger partial charge in [-0.2, -0.15) is 0 Å². The molecule has 0 bridgehead atoms. The van der Waals surface area contributed by atoms with Gasteiger partial charge in [0.05, 0.1) is 24.7 Å². The van der Waals surface area contributed by atoms with Gasteiger partial charge in [0, 0.05) is 34.2 Å². The van der Waals surface area contributed by atoms with E-state index in [4.69, 9.17) is 9.47 Å². The molecule has 1 aromatic heterocycles. The Morgan fingerprint density at radius 1 is 1.16 bits per heavy atom. The lowest BCUT2D eigenvalue weighted by Crippen LogP contribution is -2.36. The lowest BCUT2D eigenvalue weighted by atomic mass is 9.73. The van der Waals surface area contributed by atoms with Crippen LogP contribution in [0.2, 0.25) is 0 Å². The molecular formula is C25H27NO4S. The van der Waals surface area contributed by atoms with Gasteiger partial charge < -0.3 is 14.8 Å². The quantitative estimate of drug-likeness (QED) is 0.662. The fourth-order valence-corrected chi connectivity index (χ4v) is 5.39. The molecule has 2 atom stereocenters. The maximum Gasteiger partial charge on any atom is 0.337 e. The summed E-state index contributed by atoms with van der Waals surface area (Å²) in [5.74, 6) is 0.114. The summed E-state index contributed by atoms with van der Waals surface area (Å²) in [6, 6.07) is 11.8. The number of benzene rings is 1. The molecule has 0 radical (unpaired) electrons. The van der Waals surface area contributed by atoms with Gasteiger partial charge >= 0.3 is 5.97 Å². The summed E-state index contributed by atoms with van der Waals surface area (Å²) in [7, 11) is 1.65. The lowest BCUT2D eigenvalue weighted by molar-refractivity contribution is -0.143. The Morgan fingerprint density at radius 2 is 1.94 bits per heavy atom. The van der Waals surface area contributed by atoms with Gasteiger partial charge in [-0.05, 0) is 50.3 Å². The fourth-order valence-electron chi connectivity index (χ4n) is 4.55. The Hall–Kier alpha value is -2.86. The Labute approximate surface area is 186 Å². The minimum absolute atomic E-state index is 0.0239. The molecule has 4 rings (SSSR count). The molecule has 1 N–H and O–H groups in total. The Balaban J connectivity index is 1.76. The number of esters is 1. The molecule has 2 heterocycles. The first-order valence-electron chi connectivity index (χ1n) is 10.5. The Kier molecular flexibility index (Phi) is 6.01. The highest BCUT2D eigenvalue weighted by Crippen LogP contribution is 2.47. The smallest absolute Gasteiger partial charge is 0.337 e. The fraction of sp³-hybridized carbons (Fsp3) is 0.360. The van der Waals surface area contributed by atoms with Crippen LogP contribution in [0.3, 0.4) is 0 Å². The van der Waals surface area contributed by atoms with Crippen molar-refractivity contribution < 1.29 is 19.1 Å². The zero-order valence-electron chi connectivity index (χ0n) is 18.2. The minimum Gasteiger partial charge on any atom is -0.496 e. The maximum absolute atomic E-state index is 13.5. The largest absolute Gasteiger partial charge is 0.496 e. The highest BCUT2D eigenvalue weighted by molar-refractivity contribution is 7.10. The third-order valence-corrected chi connectivity index (χ3v) is 6.73. The van der Waals surface area contributed by atoms with Crippen LogP contribution >= 0.6 is 11.3 Å². The van der Waals surface area contributed by atoms with Crippen LogP contribution in [-0.4, -0.2) is 25.0 Å². The van der Waals surface area contributed by atoms with Gasteiger partial charge in [0.1, 0.15) is 5.75 Å². The van der Waals surface area contributed by atoms with Crippen molar-refractivity contribution in [2.24, 2.45) is 0 Å². The number of hydrogen-bond donors (Lipinski definition) is 1. The number of methoxy groups -OCH3 is 1. The second kappa shape index (κ2) is 8.71. The molecule has 5 nitrogen and oxygen atoms in total. The van der Waals surface area contributed by atoms with Gasteiger partial charge in [0.2, 0.25) is 0 Å². The first kappa shape index (κ1) is 21.4. The van der Waals surface area contributed by atoms with Gasteiger partial charge in [-0.3, -0.25) is 4.79 Å². The zero-order chi connectivity index (χ0) is 22.1. The van der Waals surface area contributed by atoms with E-state index in [0.717, 1.165) is 27.6 Å². The van der Waals surface area contributed by atoms with E-state index in [1.165, 1.54) is 0 Å².